The van der Waals surface area contributed by atoms with E-state index in [0.29, 0.717) is 21.9 Å². The van der Waals surface area contributed by atoms with Crippen LogP contribution in [0, 0.1) is 0 Å². The summed E-state index contributed by atoms with van der Waals surface area (Å²) < 4.78 is 52.5. The molecule has 0 saturated heterocycles. The molecule has 0 N–H and O–H groups in total. The number of fused-ring (bicyclic) bond motifs is 7. The van der Waals surface area contributed by atoms with Crippen LogP contribution in [0.3, 0.4) is 0 Å². The predicted molar refractivity (Wildman–Crippen MR) is 115 cm³/mol. The van der Waals surface area contributed by atoms with E-state index < -0.39 is 19.7 Å². The molecule has 1 aliphatic heterocycles. The minimum absolute atomic E-state index is 0.113. The fraction of sp³-hybridized carbons (Fsp3) is 0.0435. The molecule has 1 aliphatic rings. The molecule has 0 atom stereocenters. The van der Waals surface area contributed by atoms with Crippen LogP contribution in [-0.2, 0) is 19.7 Å². The number of benzene rings is 4. The summed E-state index contributed by atoms with van der Waals surface area (Å²) in [5, 5.41) is 4.12. The average Bonchev–Trinajstić information content (AvgIpc) is 2.74. The quantitative estimate of drug-likeness (QED) is 0.412. The summed E-state index contributed by atoms with van der Waals surface area (Å²) in [7, 11) is -7.55. The lowest BCUT2D eigenvalue weighted by Gasteiger charge is -2.17. The van der Waals surface area contributed by atoms with Gasteiger partial charge in [-0.25, -0.2) is 16.8 Å². The molecule has 1 heterocycles. The molecule has 0 fully saturated rings. The molecule has 6 heteroatoms. The van der Waals surface area contributed by atoms with Crippen molar-refractivity contribution >= 4 is 41.2 Å². The lowest BCUT2D eigenvalue weighted by Crippen LogP contribution is -2.07. The maximum Gasteiger partial charge on any atom is 0.200 e. The Bertz CT molecular complexity index is 1550. The van der Waals surface area contributed by atoms with Crippen molar-refractivity contribution in [2.45, 2.75) is 9.79 Å². The van der Waals surface area contributed by atoms with Gasteiger partial charge in [0.05, 0.1) is 15.5 Å². The zero-order valence-corrected chi connectivity index (χ0v) is 16.9. The Morgan fingerprint density at radius 1 is 0.586 bits per heavy atom. The molecular weight excluding hydrogens is 404 g/mol. The van der Waals surface area contributed by atoms with Gasteiger partial charge in [0.2, 0.25) is 0 Å². The van der Waals surface area contributed by atoms with E-state index in [1.54, 1.807) is 24.3 Å². The van der Waals surface area contributed by atoms with Gasteiger partial charge in [0, 0.05) is 16.5 Å². The molecule has 0 unspecified atom stereocenters. The third-order valence-electron chi connectivity index (χ3n) is 5.26. The smallest absolute Gasteiger partial charge is 0.200 e. The van der Waals surface area contributed by atoms with E-state index in [1.807, 2.05) is 48.5 Å². The molecular formula is C23H16O4S2. The van der Waals surface area contributed by atoms with Crippen molar-refractivity contribution in [1.82, 2.24) is 0 Å². The Kier molecular flexibility index (Phi) is 3.91. The molecule has 4 nitrogen and oxygen atoms in total. The standard InChI is InChI=1S/C23H16O4S2/c24-28(25)14-5-15-29(26,27)21-13-11-17-7-2-4-9-19(17)23(21)22-18-8-3-1-6-16(18)10-12-20(22)28/h1-14H,15H2/b14-5-. The van der Waals surface area contributed by atoms with E-state index in [2.05, 4.69) is 0 Å². The van der Waals surface area contributed by atoms with Crippen molar-refractivity contribution < 1.29 is 16.8 Å². The predicted octanol–water partition coefficient (Wildman–Crippen LogP) is 4.73. The van der Waals surface area contributed by atoms with E-state index in [4.69, 9.17) is 0 Å². The summed E-state index contributed by atoms with van der Waals surface area (Å²) in [4.78, 5) is 0.262. The third kappa shape index (κ3) is 2.79. The Hall–Kier alpha value is -2.96. The second-order valence-corrected chi connectivity index (χ2v) is 10.8. The van der Waals surface area contributed by atoms with Crippen molar-refractivity contribution in [2.75, 3.05) is 5.75 Å². The van der Waals surface area contributed by atoms with Crippen LogP contribution < -0.4 is 0 Å². The van der Waals surface area contributed by atoms with Crippen LogP contribution in [0.1, 0.15) is 0 Å². The number of sulfone groups is 2. The van der Waals surface area contributed by atoms with Gasteiger partial charge in [-0.05, 0) is 33.7 Å². The molecule has 0 spiro atoms. The third-order valence-corrected chi connectivity index (χ3v) is 8.41. The van der Waals surface area contributed by atoms with Crippen molar-refractivity contribution in [1.29, 1.82) is 0 Å². The molecule has 144 valence electrons. The summed E-state index contributed by atoms with van der Waals surface area (Å²) >= 11 is 0. The van der Waals surface area contributed by atoms with Gasteiger partial charge in [0.15, 0.2) is 19.7 Å². The number of rotatable bonds is 0. The molecule has 4 aromatic rings. The Labute approximate surface area is 169 Å². The Morgan fingerprint density at radius 2 is 1.10 bits per heavy atom. The van der Waals surface area contributed by atoms with Crippen LogP contribution in [-0.4, -0.2) is 22.6 Å². The van der Waals surface area contributed by atoms with Gasteiger partial charge >= 0.3 is 0 Å². The van der Waals surface area contributed by atoms with Crippen molar-refractivity contribution in [3.8, 4) is 11.1 Å². The van der Waals surface area contributed by atoms with E-state index in [-0.39, 0.29) is 15.5 Å². The monoisotopic (exact) mass is 420 g/mol. The molecule has 5 rings (SSSR count). The van der Waals surface area contributed by atoms with Crippen molar-refractivity contribution in [3.63, 3.8) is 0 Å². The van der Waals surface area contributed by atoms with Gasteiger partial charge in [-0.15, -0.1) is 0 Å². The van der Waals surface area contributed by atoms with Crippen molar-refractivity contribution in [3.05, 3.63) is 84.3 Å². The molecule has 29 heavy (non-hydrogen) atoms. The normalized spacial score (nSPS) is 18.2. The second kappa shape index (κ2) is 6.27. The highest BCUT2D eigenvalue weighted by molar-refractivity contribution is 7.94. The van der Waals surface area contributed by atoms with Gasteiger partial charge in [0.1, 0.15) is 0 Å². The van der Waals surface area contributed by atoms with Gasteiger partial charge in [-0.1, -0.05) is 66.7 Å². The molecule has 0 radical (unpaired) electrons. The maximum atomic E-state index is 13.2. The fourth-order valence-corrected chi connectivity index (χ4v) is 6.67. The lowest BCUT2D eigenvalue weighted by atomic mass is 9.94. The van der Waals surface area contributed by atoms with E-state index >= 15 is 0 Å². The number of hydrogen-bond acceptors (Lipinski definition) is 4. The van der Waals surface area contributed by atoms with E-state index in [1.165, 1.54) is 6.08 Å². The molecule has 4 aromatic carbocycles. The molecule has 0 aromatic heterocycles. The van der Waals surface area contributed by atoms with Crippen molar-refractivity contribution in [2.24, 2.45) is 0 Å². The highest BCUT2D eigenvalue weighted by atomic mass is 32.2. The molecule has 0 amide bonds. The zero-order valence-electron chi connectivity index (χ0n) is 15.2. The minimum Gasteiger partial charge on any atom is -0.223 e. The highest BCUT2D eigenvalue weighted by Gasteiger charge is 2.28. The topological polar surface area (TPSA) is 68.3 Å². The first-order chi connectivity index (χ1) is 13.9. The molecule has 0 bridgehead atoms. The SMILES string of the molecule is O=S1(=O)/C=C\CS(=O)(=O)c2ccc3ccccc3c2-c2c1ccc1ccccc21. The van der Waals surface area contributed by atoms with Crippen LogP contribution in [0.4, 0.5) is 0 Å². The van der Waals surface area contributed by atoms with Gasteiger partial charge in [-0.3, -0.25) is 0 Å². The van der Waals surface area contributed by atoms with Crippen LogP contribution in [0.5, 0.6) is 0 Å². The summed E-state index contributed by atoms with van der Waals surface area (Å²) in [6.45, 7) is 0. The lowest BCUT2D eigenvalue weighted by molar-refractivity contribution is 0.599. The largest absolute Gasteiger partial charge is 0.223 e. The Morgan fingerprint density at radius 3 is 1.72 bits per heavy atom. The van der Waals surface area contributed by atoms with Gasteiger partial charge < -0.3 is 0 Å². The summed E-state index contributed by atoms with van der Waals surface area (Å²) in [5.41, 5.74) is 0.882. The Balaban J connectivity index is 2.13. The number of hydrogen-bond donors (Lipinski definition) is 0. The summed E-state index contributed by atoms with van der Waals surface area (Å²) in [5.74, 6) is -0.372. The van der Waals surface area contributed by atoms with Gasteiger partial charge in [-0.2, -0.15) is 0 Å². The van der Waals surface area contributed by atoms with Crippen LogP contribution >= 0.6 is 0 Å². The van der Waals surface area contributed by atoms with Crippen LogP contribution in [0.25, 0.3) is 32.7 Å². The van der Waals surface area contributed by atoms with E-state index in [9.17, 15) is 16.8 Å². The summed E-state index contributed by atoms with van der Waals surface area (Å²) in [6.07, 6.45) is 1.22. The first kappa shape index (κ1) is 18.1. The van der Waals surface area contributed by atoms with E-state index in [0.717, 1.165) is 16.2 Å². The minimum atomic E-state index is -3.82. The second-order valence-electron chi connectivity index (χ2n) is 7.02. The average molecular weight is 421 g/mol. The first-order valence-corrected chi connectivity index (χ1v) is 12.3. The highest BCUT2D eigenvalue weighted by Crippen LogP contribution is 2.43. The molecule has 0 saturated carbocycles. The zero-order chi connectivity index (χ0) is 20.2. The van der Waals surface area contributed by atoms with Gasteiger partial charge in [0.25, 0.3) is 0 Å². The van der Waals surface area contributed by atoms with Crippen LogP contribution in [0.15, 0.2) is 94.1 Å². The first-order valence-electron chi connectivity index (χ1n) is 9.07. The van der Waals surface area contributed by atoms with Crippen LogP contribution in [0.2, 0.25) is 0 Å². The molecule has 0 aliphatic carbocycles. The fourth-order valence-electron chi connectivity index (χ4n) is 3.97. The summed E-state index contributed by atoms with van der Waals surface area (Å²) in [6, 6.07) is 21.6. The maximum absolute atomic E-state index is 13.2.